The number of thioether (sulfide) groups is 1. The number of hydrogen-bond acceptors (Lipinski definition) is 8. The van der Waals surface area contributed by atoms with E-state index in [1.807, 2.05) is 24.3 Å². The van der Waals surface area contributed by atoms with Gasteiger partial charge >= 0.3 is 6.01 Å². The van der Waals surface area contributed by atoms with Gasteiger partial charge in [-0.3, -0.25) is 10.1 Å². The van der Waals surface area contributed by atoms with E-state index in [0.29, 0.717) is 17.1 Å². The molecule has 0 saturated heterocycles. The summed E-state index contributed by atoms with van der Waals surface area (Å²) in [6, 6.07) is 12.7. The zero-order valence-electron chi connectivity index (χ0n) is 15.6. The van der Waals surface area contributed by atoms with Gasteiger partial charge in [0.2, 0.25) is 5.91 Å². The summed E-state index contributed by atoms with van der Waals surface area (Å²) in [6.45, 7) is 0. The fourth-order valence-corrected chi connectivity index (χ4v) is 3.03. The summed E-state index contributed by atoms with van der Waals surface area (Å²) in [5.74, 6) is 2.12. The first-order valence-electron chi connectivity index (χ1n) is 8.25. The third kappa shape index (κ3) is 4.74. The van der Waals surface area contributed by atoms with Crippen LogP contribution in [-0.2, 0) is 4.79 Å². The first-order chi connectivity index (χ1) is 13.6. The summed E-state index contributed by atoms with van der Waals surface area (Å²) in [6.07, 6.45) is 0. The van der Waals surface area contributed by atoms with Gasteiger partial charge in [0, 0.05) is 11.0 Å². The van der Waals surface area contributed by atoms with Gasteiger partial charge in [0.05, 0.1) is 32.6 Å². The lowest BCUT2D eigenvalue weighted by Gasteiger charge is -2.07. The molecular weight excluding hydrogens is 382 g/mol. The first-order valence-corrected chi connectivity index (χ1v) is 9.24. The number of rotatable bonds is 8. The predicted octanol–water partition coefficient (Wildman–Crippen LogP) is 3.49. The molecule has 8 nitrogen and oxygen atoms in total. The zero-order valence-corrected chi connectivity index (χ0v) is 16.4. The zero-order chi connectivity index (χ0) is 19.9. The fourth-order valence-electron chi connectivity index (χ4n) is 2.33. The summed E-state index contributed by atoms with van der Waals surface area (Å²) in [5, 5.41) is 10.4. The topological polar surface area (TPSA) is 95.7 Å². The van der Waals surface area contributed by atoms with Crippen molar-refractivity contribution in [3.63, 3.8) is 0 Å². The Kier molecular flexibility index (Phi) is 6.38. The molecular formula is C19H19N3O5S. The van der Waals surface area contributed by atoms with Crippen molar-refractivity contribution in [3.05, 3.63) is 42.5 Å². The number of hydrogen-bond donors (Lipinski definition) is 1. The van der Waals surface area contributed by atoms with Crippen molar-refractivity contribution >= 4 is 23.7 Å². The minimum Gasteiger partial charge on any atom is -0.497 e. The molecule has 0 saturated carbocycles. The molecule has 0 aliphatic heterocycles. The number of benzene rings is 2. The first kappa shape index (κ1) is 19.6. The van der Waals surface area contributed by atoms with Crippen molar-refractivity contribution in [1.82, 2.24) is 10.2 Å². The van der Waals surface area contributed by atoms with Crippen LogP contribution in [0.3, 0.4) is 0 Å². The van der Waals surface area contributed by atoms with Crippen molar-refractivity contribution in [1.29, 1.82) is 0 Å². The number of carbonyl (C=O) groups excluding carboxylic acids is 1. The molecule has 0 radical (unpaired) electrons. The average Bonchev–Trinajstić information content (AvgIpc) is 3.20. The van der Waals surface area contributed by atoms with E-state index in [4.69, 9.17) is 18.6 Å². The van der Waals surface area contributed by atoms with E-state index in [0.717, 1.165) is 10.6 Å². The second kappa shape index (κ2) is 9.14. The number of nitrogens with zero attached hydrogens (tertiary/aromatic N) is 2. The molecule has 0 spiro atoms. The average molecular weight is 401 g/mol. The van der Waals surface area contributed by atoms with E-state index < -0.39 is 0 Å². The van der Waals surface area contributed by atoms with E-state index in [-0.39, 0.29) is 23.6 Å². The van der Waals surface area contributed by atoms with Crippen LogP contribution >= 0.6 is 11.8 Å². The Morgan fingerprint density at radius 2 is 1.71 bits per heavy atom. The van der Waals surface area contributed by atoms with Gasteiger partial charge in [0.15, 0.2) is 0 Å². The van der Waals surface area contributed by atoms with Gasteiger partial charge in [-0.05, 0) is 36.4 Å². The van der Waals surface area contributed by atoms with E-state index in [2.05, 4.69) is 15.5 Å². The van der Waals surface area contributed by atoms with Crippen LogP contribution in [0.15, 0.2) is 51.8 Å². The van der Waals surface area contributed by atoms with Gasteiger partial charge in [0.1, 0.15) is 17.2 Å². The van der Waals surface area contributed by atoms with E-state index in [1.165, 1.54) is 18.9 Å². The van der Waals surface area contributed by atoms with Crippen LogP contribution in [0, 0.1) is 0 Å². The normalized spacial score (nSPS) is 10.4. The van der Waals surface area contributed by atoms with Crippen molar-refractivity contribution in [3.8, 4) is 28.7 Å². The third-order valence-corrected chi connectivity index (χ3v) is 4.75. The van der Waals surface area contributed by atoms with Crippen LogP contribution < -0.4 is 19.5 Å². The number of ether oxygens (including phenoxy) is 3. The van der Waals surface area contributed by atoms with Crippen molar-refractivity contribution in [2.75, 3.05) is 32.4 Å². The smallest absolute Gasteiger partial charge is 0.322 e. The maximum absolute atomic E-state index is 12.1. The Balaban J connectivity index is 1.61. The minimum absolute atomic E-state index is 0.0215. The maximum atomic E-state index is 12.1. The largest absolute Gasteiger partial charge is 0.497 e. The molecule has 0 aliphatic rings. The second-order valence-electron chi connectivity index (χ2n) is 5.49. The number of amides is 1. The van der Waals surface area contributed by atoms with Crippen LogP contribution in [0.2, 0.25) is 0 Å². The summed E-state index contributed by atoms with van der Waals surface area (Å²) in [7, 11) is 4.71. The molecule has 0 atom stereocenters. The quantitative estimate of drug-likeness (QED) is 0.573. The molecule has 0 unspecified atom stereocenters. The van der Waals surface area contributed by atoms with Gasteiger partial charge in [-0.15, -0.1) is 16.9 Å². The number of methoxy groups -OCH3 is 3. The molecule has 0 bridgehead atoms. The van der Waals surface area contributed by atoms with Gasteiger partial charge < -0.3 is 18.6 Å². The van der Waals surface area contributed by atoms with Crippen LogP contribution in [0.5, 0.6) is 17.2 Å². The molecule has 9 heteroatoms. The highest BCUT2D eigenvalue weighted by atomic mass is 32.2. The van der Waals surface area contributed by atoms with Gasteiger partial charge in [-0.25, -0.2) is 0 Å². The molecule has 1 amide bonds. The highest BCUT2D eigenvalue weighted by Crippen LogP contribution is 2.33. The Hall–Kier alpha value is -3.20. The number of aromatic nitrogens is 2. The van der Waals surface area contributed by atoms with Crippen molar-refractivity contribution in [2.45, 2.75) is 4.90 Å². The molecule has 146 valence electrons. The van der Waals surface area contributed by atoms with Gasteiger partial charge in [-0.2, -0.15) is 0 Å². The van der Waals surface area contributed by atoms with Crippen molar-refractivity contribution < 1.29 is 23.4 Å². The SMILES string of the molecule is COc1ccc(SCC(=O)Nc2nnc(-c3ccc(OC)cc3OC)o2)cc1. The summed E-state index contributed by atoms with van der Waals surface area (Å²) >= 11 is 1.39. The Morgan fingerprint density at radius 1 is 1.00 bits per heavy atom. The lowest BCUT2D eigenvalue weighted by Crippen LogP contribution is -2.14. The molecule has 3 rings (SSSR count). The summed E-state index contributed by atoms with van der Waals surface area (Å²) in [4.78, 5) is 13.1. The molecule has 1 aromatic heterocycles. The van der Waals surface area contributed by atoms with Crippen LogP contribution in [-0.4, -0.2) is 43.2 Å². The molecule has 1 heterocycles. The number of anilines is 1. The molecule has 3 aromatic rings. The lowest BCUT2D eigenvalue weighted by molar-refractivity contribution is -0.113. The lowest BCUT2D eigenvalue weighted by atomic mass is 10.2. The Bertz CT molecular complexity index is 943. The Morgan fingerprint density at radius 3 is 2.39 bits per heavy atom. The van der Waals surface area contributed by atoms with E-state index >= 15 is 0 Å². The second-order valence-corrected chi connectivity index (χ2v) is 6.54. The van der Waals surface area contributed by atoms with Gasteiger partial charge in [0.25, 0.3) is 5.89 Å². The van der Waals surface area contributed by atoms with E-state index in [1.54, 1.807) is 32.4 Å². The highest BCUT2D eigenvalue weighted by molar-refractivity contribution is 8.00. The third-order valence-electron chi connectivity index (χ3n) is 3.74. The predicted molar refractivity (Wildman–Crippen MR) is 105 cm³/mol. The van der Waals surface area contributed by atoms with E-state index in [9.17, 15) is 4.79 Å². The highest BCUT2D eigenvalue weighted by Gasteiger charge is 2.16. The van der Waals surface area contributed by atoms with Crippen LogP contribution in [0.4, 0.5) is 6.01 Å². The molecule has 2 aromatic carbocycles. The Labute approximate surface area is 166 Å². The fraction of sp³-hybridized carbons (Fsp3) is 0.211. The van der Waals surface area contributed by atoms with Crippen molar-refractivity contribution in [2.24, 2.45) is 0 Å². The minimum atomic E-state index is -0.252. The van der Waals surface area contributed by atoms with Crippen LogP contribution in [0.1, 0.15) is 0 Å². The monoisotopic (exact) mass is 401 g/mol. The number of carbonyl (C=O) groups is 1. The standard InChI is InChI=1S/C19H19N3O5S/c1-24-12-4-7-14(8-5-12)28-11-17(23)20-19-22-21-18(27-19)15-9-6-13(25-2)10-16(15)26-3/h4-10H,11H2,1-3H3,(H,20,22,23). The maximum Gasteiger partial charge on any atom is 0.322 e. The van der Waals surface area contributed by atoms with Crippen LogP contribution in [0.25, 0.3) is 11.5 Å². The van der Waals surface area contributed by atoms with Gasteiger partial charge in [-0.1, -0.05) is 5.10 Å². The summed E-state index contributed by atoms with van der Waals surface area (Å²) < 4.78 is 21.1. The molecule has 28 heavy (non-hydrogen) atoms. The summed E-state index contributed by atoms with van der Waals surface area (Å²) in [5.41, 5.74) is 0.601. The molecule has 0 fully saturated rings. The molecule has 1 N–H and O–H groups in total. The molecule has 0 aliphatic carbocycles. The number of nitrogens with one attached hydrogen (secondary N) is 1.